The van der Waals surface area contributed by atoms with Gasteiger partial charge < -0.3 is 19.2 Å². The molecule has 0 saturated heterocycles. The Morgan fingerprint density at radius 3 is 2.70 bits per heavy atom. The monoisotopic (exact) mass is 381 g/mol. The first-order valence-electron chi connectivity index (χ1n) is 8.31. The third-order valence-electron chi connectivity index (χ3n) is 4.14. The number of hydrogen-bond donors (Lipinski definition) is 1. The molecule has 1 N–H and O–H groups in total. The molecule has 1 heterocycles. The van der Waals surface area contributed by atoms with E-state index >= 15 is 0 Å². The standard InChI is InChI=1S/C21H16ClNO4/c1-25-20-10-16-15-7-2-3-8-18(15)27-19(16)11-17(20)23-21(24)12-26-14-6-4-5-13(22)9-14/h2-11H,12H2,1H3,(H,23,24). The molecule has 3 aromatic carbocycles. The first-order valence-corrected chi connectivity index (χ1v) is 8.69. The average Bonchev–Trinajstić information content (AvgIpc) is 3.03. The van der Waals surface area contributed by atoms with Gasteiger partial charge in [-0.05, 0) is 30.3 Å². The molecule has 0 fully saturated rings. The van der Waals surface area contributed by atoms with Crippen molar-refractivity contribution in [2.75, 3.05) is 19.0 Å². The number of rotatable bonds is 5. The summed E-state index contributed by atoms with van der Waals surface area (Å²) in [6, 6.07) is 18.2. The summed E-state index contributed by atoms with van der Waals surface area (Å²) in [5.74, 6) is 0.756. The van der Waals surface area contributed by atoms with Crippen molar-refractivity contribution in [3.05, 3.63) is 65.7 Å². The second kappa shape index (κ2) is 7.21. The minimum Gasteiger partial charge on any atom is -0.495 e. The van der Waals surface area contributed by atoms with Crippen molar-refractivity contribution in [1.82, 2.24) is 0 Å². The number of halogens is 1. The van der Waals surface area contributed by atoms with Crippen LogP contribution in [0.5, 0.6) is 11.5 Å². The minimum absolute atomic E-state index is 0.151. The van der Waals surface area contributed by atoms with Crippen LogP contribution in [-0.2, 0) is 4.79 Å². The van der Waals surface area contributed by atoms with Crippen LogP contribution in [0, 0.1) is 0 Å². The van der Waals surface area contributed by atoms with Crippen molar-refractivity contribution in [2.45, 2.75) is 0 Å². The number of carbonyl (C=O) groups excluding carboxylic acids is 1. The Balaban J connectivity index is 1.57. The fourth-order valence-electron chi connectivity index (χ4n) is 2.91. The van der Waals surface area contributed by atoms with Crippen LogP contribution in [-0.4, -0.2) is 19.6 Å². The first-order chi connectivity index (χ1) is 13.1. The van der Waals surface area contributed by atoms with E-state index in [1.165, 1.54) is 0 Å². The molecule has 0 spiro atoms. The highest BCUT2D eigenvalue weighted by Crippen LogP contribution is 2.36. The van der Waals surface area contributed by atoms with Gasteiger partial charge in [0.15, 0.2) is 6.61 Å². The molecule has 4 aromatic rings. The summed E-state index contributed by atoms with van der Waals surface area (Å²) < 4.78 is 16.8. The minimum atomic E-state index is -0.316. The van der Waals surface area contributed by atoms with Crippen molar-refractivity contribution in [3.63, 3.8) is 0 Å². The van der Waals surface area contributed by atoms with Gasteiger partial charge in [-0.15, -0.1) is 0 Å². The summed E-state index contributed by atoms with van der Waals surface area (Å²) in [5, 5.41) is 5.27. The van der Waals surface area contributed by atoms with Crippen LogP contribution in [0.4, 0.5) is 5.69 Å². The third-order valence-corrected chi connectivity index (χ3v) is 4.37. The number of anilines is 1. The van der Waals surface area contributed by atoms with Crippen LogP contribution in [0.15, 0.2) is 65.1 Å². The van der Waals surface area contributed by atoms with Gasteiger partial charge >= 0.3 is 0 Å². The molecule has 27 heavy (non-hydrogen) atoms. The lowest BCUT2D eigenvalue weighted by Gasteiger charge is -2.11. The number of nitrogens with one attached hydrogen (secondary N) is 1. The van der Waals surface area contributed by atoms with E-state index in [0.29, 0.717) is 27.8 Å². The Morgan fingerprint density at radius 2 is 1.89 bits per heavy atom. The molecule has 136 valence electrons. The Bertz CT molecular complexity index is 1140. The van der Waals surface area contributed by atoms with Gasteiger partial charge in [0, 0.05) is 21.9 Å². The number of furan rings is 1. The van der Waals surface area contributed by atoms with Gasteiger partial charge in [-0.2, -0.15) is 0 Å². The van der Waals surface area contributed by atoms with Crippen LogP contribution in [0.1, 0.15) is 0 Å². The number of ether oxygens (including phenoxy) is 2. The second-order valence-corrected chi connectivity index (χ2v) is 6.38. The van der Waals surface area contributed by atoms with E-state index in [9.17, 15) is 4.79 Å². The number of fused-ring (bicyclic) bond motifs is 3. The quantitative estimate of drug-likeness (QED) is 0.512. The van der Waals surface area contributed by atoms with Crippen molar-refractivity contribution in [2.24, 2.45) is 0 Å². The lowest BCUT2D eigenvalue weighted by atomic mass is 10.1. The van der Waals surface area contributed by atoms with Crippen molar-refractivity contribution >= 4 is 45.1 Å². The van der Waals surface area contributed by atoms with Crippen LogP contribution in [0.3, 0.4) is 0 Å². The average molecular weight is 382 g/mol. The van der Waals surface area contributed by atoms with Crippen LogP contribution >= 0.6 is 11.6 Å². The first kappa shape index (κ1) is 17.2. The Morgan fingerprint density at radius 1 is 1.04 bits per heavy atom. The number of carbonyl (C=O) groups is 1. The second-order valence-electron chi connectivity index (χ2n) is 5.94. The zero-order chi connectivity index (χ0) is 18.8. The number of benzene rings is 3. The number of amides is 1. The smallest absolute Gasteiger partial charge is 0.262 e. The summed E-state index contributed by atoms with van der Waals surface area (Å²) in [7, 11) is 1.56. The molecule has 0 aliphatic carbocycles. The summed E-state index contributed by atoms with van der Waals surface area (Å²) in [5.41, 5.74) is 1.97. The highest BCUT2D eigenvalue weighted by atomic mass is 35.5. The van der Waals surface area contributed by atoms with E-state index in [1.807, 2.05) is 30.3 Å². The van der Waals surface area contributed by atoms with Gasteiger partial charge in [-0.3, -0.25) is 4.79 Å². The van der Waals surface area contributed by atoms with E-state index in [1.54, 1.807) is 37.4 Å². The summed E-state index contributed by atoms with van der Waals surface area (Å²) >= 11 is 5.91. The molecule has 1 aromatic heterocycles. The Hall–Kier alpha value is -3.18. The molecule has 0 bridgehead atoms. The third kappa shape index (κ3) is 3.55. The molecule has 0 aliphatic rings. The fourth-order valence-corrected chi connectivity index (χ4v) is 3.09. The van der Waals surface area contributed by atoms with Gasteiger partial charge in [0.2, 0.25) is 0 Å². The highest BCUT2D eigenvalue weighted by molar-refractivity contribution is 6.30. The SMILES string of the molecule is COc1cc2c(cc1NC(=O)COc1cccc(Cl)c1)oc1ccccc12. The molecule has 4 rings (SSSR count). The Kier molecular flexibility index (Phi) is 4.60. The van der Waals surface area contributed by atoms with Gasteiger partial charge in [-0.1, -0.05) is 35.9 Å². The van der Waals surface area contributed by atoms with Crippen molar-refractivity contribution in [1.29, 1.82) is 0 Å². The molecule has 1 amide bonds. The van der Waals surface area contributed by atoms with Crippen LogP contribution in [0.2, 0.25) is 5.02 Å². The summed E-state index contributed by atoms with van der Waals surface area (Å²) in [6.45, 7) is -0.151. The number of methoxy groups -OCH3 is 1. The maximum atomic E-state index is 12.3. The lowest BCUT2D eigenvalue weighted by molar-refractivity contribution is -0.118. The molecular weight excluding hydrogens is 366 g/mol. The molecule has 0 atom stereocenters. The lowest BCUT2D eigenvalue weighted by Crippen LogP contribution is -2.20. The van der Waals surface area contributed by atoms with E-state index in [2.05, 4.69) is 5.32 Å². The van der Waals surface area contributed by atoms with Gasteiger partial charge in [-0.25, -0.2) is 0 Å². The van der Waals surface area contributed by atoms with E-state index in [0.717, 1.165) is 16.4 Å². The number of para-hydroxylation sites is 1. The van der Waals surface area contributed by atoms with E-state index in [4.69, 9.17) is 25.5 Å². The maximum absolute atomic E-state index is 12.3. The molecule has 0 unspecified atom stereocenters. The summed E-state index contributed by atoms with van der Waals surface area (Å²) in [6.07, 6.45) is 0. The van der Waals surface area contributed by atoms with Gasteiger partial charge in [0.05, 0.1) is 12.8 Å². The predicted molar refractivity (Wildman–Crippen MR) is 106 cm³/mol. The highest BCUT2D eigenvalue weighted by Gasteiger charge is 2.14. The van der Waals surface area contributed by atoms with Crippen molar-refractivity contribution < 1.29 is 18.7 Å². The normalized spacial score (nSPS) is 10.9. The molecule has 6 heteroatoms. The Labute approximate surface area is 160 Å². The predicted octanol–water partition coefficient (Wildman–Crippen LogP) is 5.27. The van der Waals surface area contributed by atoms with Gasteiger partial charge in [0.25, 0.3) is 5.91 Å². The topological polar surface area (TPSA) is 60.7 Å². The van der Waals surface area contributed by atoms with E-state index in [-0.39, 0.29) is 12.5 Å². The fraction of sp³-hybridized carbons (Fsp3) is 0.0952. The zero-order valence-electron chi connectivity index (χ0n) is 14.5. The maximum Gasteiger partial charge on any atom is 0.262 e. The van der Waals surface area contributed by atoms with Crippen molar-refractivity contribution in [3.8, 4) is 11.5 Å². The van der Waals surface area contributed by atoms with E-state index < -0.39 is 0 Å². The van der Waals surface area contributed by atoms with Gasteiger partial charge in [0.1, 0.15) is 22.7 Å². The molecule has 0 radical (unpaired) electrons. The zero-order valence-corrected chi connectivity index (χ0v) is 15.2. The number of hydrogen-bond acceptors (Lipinski definition) is 4. The largest absolute Gasteiger partial charge is 0.495 e. The molecule has 0 saturated carbocycles. The summed E-state index contributed by atoms with van der Waals surface area (Å²) in [4.78, 5) is 12.3. The molecular formula is C21H16ClNO4. The van der Waals surface area contributed by atoms with Crippen LogP contribution < -0.4 is 14.8 Å². The molecule has 5 nitrogen and oxygen atoms in total. The molecule has 0 aliphatic heterocycles. The van der Waals surface area contributed by atoms with Crippen LogP contribution in [0.25, 0.3) is 21.9 Å².